The van der Waals surface area contributed by atoms with Crippen LogP contribution in [0.25, 0.3) is 10.9 Å². The number of halogens is 1. The maximum Gasteiger partial charge on any atom is 0.248 e. The van der Waals surface area contributed by atoms with Gasteiger partial charge in [-0.25, -0.2) is 4.98 Å². The fraction of sp³-hybridized carbons (Fsp3) is 0.125. The molecule has 2 heterocycles. The molecule has 210 valence electrons. The molecule has 0 spiro atoms. The van der Waals surface area contributed by atoms with Crippen LogP contribution in [-0.4, -0.2) is 27.5 Å². The maximum atomic E-state index is 12.8. The van der Waals surface area contributed by atoms with Crippen molar-refractivity contribution in [2.24, 2.45) is 0 Å². The zero-order valence-corrected chi connectivity index (χ0v) is 23.5. The number of hydrogen-bond acceptors (Lipinski definition) is 7. The van der Waals surface area contributed by atoms with Crippen molar-refractivity contribution in [2.75, 3.05) is 17.2 Å². The van der Waals surface area contributed by atoms with Gasteiger partial charge in [-0.1, -0.05) is 48.0 Å². The van der Waals surface area contributed by atoms with Crippen LogP contribution in [0.1, 0.15) is 23.7 Å². The van der Waals surface area contributed by atoms with Gasteiger partial charge in [0.05, 0.1) is 40.4 Å². The SMILES string of the molecule is CCOc1cc2ncc(C#N)c(Nc3ccc(OCc4ccccc4)c(Cl)c3)c2cc1NC(=O)/C=C/Cc1cnc[nH]1. The van der Waals surface area contributed by atoms with Gasteiger partial charge in [0.1, 0.15) is 24.2 Å². The molecule has 9 nitrogen and oxygen atoms in total. The number of carbonyl (C=O) groups is 1. The first-order chi connectivity index (χ1) is 20.5. The van der Waals surface area contributed by atoms with Gasteiger partial charge >= 0.3 is 0 Å². The molecule has 0 bridgehead atoms. The number of anilines is 3. The highest BCUT2D eigenvalue weighted by Gasteiger charge is 2.16. The third-order valence-corrected chi connectivity index (χ3v) is 6.54. The van der Waals surface area contributed by atoms with E-state index in [-0.39, 0.29) is 5.91 Å². The zero-order valence-electron chi connectivity index (χ0n) is 22.7. The van der Waals surface area contributed by atoms with E-state index in [1.807, 2.05) is 43.3 Å². The molecule has 10 heteroatoms. The number of nitrogens with one attached hydrogen (secondary N) is 3. The molecule has 0 saturated heterocycles. The molecule has 0 atom stereocenters. The Hall–Kier alpha value is -5.33. The number of imidazole rings is 1. The number of H-pyrrole nitrogens is 1. The first kappa shape index (κ1) is 28.2. The Labute approximate surface area is 247 Å². The molecule has 0 fully saturated rings. The number of aromatic amines is 1. The standard InChI is InChI=1S/C32H27ClN6O3/c1-2-41-30-15-27-25(14-28(30)39-31(40)10-6-9-24-18-35-20-37-24)32(22(16-34)17-36-27)38-23-11-12-29(26(33)13-23)42-19-21-7-4-3-5-8-21/h3-8,10-15,17-18,20H,2,9,19H2,1H3,(H,35,37)(H,36,38)(H,39,40)/b10-6+. The van der Waals surface area contributed by atoms with E-state index in [0.29, 0.717) is 69.7 Å². The highest BCUT2D eigenvalue weighted by Crippen LogP contribution is 2.37. The fourth-order valence-corrected chi connectivity index (χ4v) is 4.49. The van der Waals surface area contributed by atoms with E-state index in [1.54, 1.807) is 42.9 Å². The van der Waals surface area contributed by atoms with Crippen LogP contribution >= 0.6 is 11.6 Å². The van der Waals surface area contributed by atoms with Crippen molar-refractivity contribution in [3.8, 4) is 17.6 Å². The molecular weight excluding hydrogens is 552 g/mol. The number of rotatable bonds is 11. The Morgan fingerprint density at radius 3 is 2.69 bits per heavy atom. The van der Waals surface area contributed by atoms with Gasteiger partial charge in [0.15, 0.2) is 0 Å². The summed E-state index contributed by atoms with van der Waals surface area (Å²) in [6, 6.07) is 20.8. The second-order valence-electron chi connectivity index (χ2n) is 9.17. The van der Waals surface area contributed by atoms with Crippen LogP contribution < -0.4 is 20.1 Å². The van der Waals surface area contributed by atoms with Crippen LogP contribution in [0.2, 0.25) is 5.02 Å². The van der Waals surface area contributed by atoms with Gasteiger partial charge in [0.2, 0.25) is 5.91 Å². The van der Waals surface area contributed by atoms with Crippen LogP contribution in [-0.2, 0) is 17.8 Å². The summed E-state index contributed by atoms with van der Waals surface area (Å²) in [7, 11) is 0. The van der Waals surface area contributed by atoms with E-state index >= 15 is 0 Å². The molecule has 42 heavy (non-hydrogen) atoms. The van der Waals surface area contributed by atoms with Crippen LogP contribution in [0.5, 0.6) is 11.5 Å². The second kappa shape index (κ2) is 13.4. The highest BCUT2D eigenvalue weighted by atomic mass is 35.5. The smallest absolute Gasteiger partial charge is 0.248 e. The minimum absolute atomic E-state index is 0.323. The number of hydrogen-bond donors (Lipinski definition) is 3. The number of pyridine rings is 1. The first-order valence-corrected chi connectivity index (χ1v) is 13.6. The second-order valence-corrected chi connectivity index (χ2v) is 9.58. The van der Waals surface area contributed by atoms with Gasteiger partial charge in [0, 0.05) is 41.6 Å². The van der Waals surface area contributed by atoms with Gasteiger partial charge in [-0.2, -0.15) is 5.26 Å². The predicted molar refractivity (Wildman–Crippen MR) is 163 cm³/mol. The minimum atomic E-state index is -0.327. The van der Waals surface area contributed by atoms with E-state index < -0.39 is 0 Å². The molecule has 5 rings (SSSR count). The molecule has 1 amide bonds. The summed E-state index contributed by atoms with van der Waals surface area (Å²) in [4.78, 5) is 24.2. The average molecular weight is 579 g/mol. The van der Waals surface area contributed by atoms with Crippen LogP contribution in [0.15, 0.2) is 91.5 Å². The lowest BCUT2D eigenvalue weighted by molar-refractivity contribution is -0.111. The van der Waals surface area contributed by atoms with Gasteiger partial charge in [-0.05, 0) is 42.8 Å². The minimum Gasteiger partial charge on any atom is -0.492 e. The maximum absolute atomic E-state index is 12.8. The van der Waals surface area contributed by atoms with Crippen molar-refractivity contribution >= 4 is 45.5 Å². The molecule has 3 aromatic carbocycles. The average Bonchev–Trinajstić information content (AvgIpc) is 3.52. The summed E-state index contributed by atoms with van der Waals surface area (Å²) in [5.41, 5.74) is 4.44. The van der Waals surface area contributed by atoms with Crippen molar-refractivity contribution in [1.29, 1.82) is 5.26 Å². The zero-order chi connectivity index (χ0) is 29.3. The monoisotopic (exact) mass is 578 g/mol. The normalized spacial score (nSPS) is 10.9. The van der Waals surface area contributed by atoms with Gasteiger partial charge < -0.3 is 25.1 Å². The largest absolute Gasteiger partial charge is 0.492 e. The van der Waals surface area contributed by atoms with Gasteiger partial charge in [-0.3, -0.25) is 9.78 Å². The van der Waals surface area contributed by atoms with Crippen molar-refractivity contribution in [2.45, 2.75) is 20.0 Å². The van der Waals surface area contributed by atoms with E-state index in [1.165, 1.54) is 12.3 Å². The predicted octanol–water partition coefficient (Wildman–Crippen LogP) is 6.94. The summed E-state index contributed by atoms with van der Waals surface area (Å²) in [6.45, 7) is 2.63. The lowest BCUT2D eigenvalue weighted by Crippen LogP contribution is -2.10. The summed E-state index contributed by atoms with van der Waals surface area (Å²) in [5.74, 6) is 0.677. The van der Waals surface area contributed by atoms with Crippen LogP contribution in [0.4, 0.5) is 17.1 Å². The summed E-state index contributed by atoms with van der Waals surface area (Å²) >= 11 is 6.55. The van der Waals surface area contributed by atoms with Crippen molar-refractivity contribution in [1.82, 2.24) is 15.0 Å². The summed E-state index contributed by atoms with van der Waals surface area (Å²) < 4.78 is 11.7. The molecule has 2 aromatic heterocycles. The summed E-state index contributed by atoms with van der Waals surface area (Å²) in [5, 5.41) is 17.1. The molecule has 0 aliphatic rings. The molecular formula is C32H27ClN6O3. The van der Waals surface area contributed by atoms with Crippen LogP contribution in [0, 0.1) is 11.3 Å². The Balaban J connectivity index is 1.41. The highest BCUT2D eigenvalue weighted by molar-refractivity contribution is 6.32. The summed E-state index contributed by atoms with van der Waals surface area (Å²) in [6.07, 6.45) is 8.51. The Morgan fingerprint density at radius 2 is 1.95 bits per heavy atom. The van der Waals surface area contributed by atoms with Crippen molar-refractivity contribution in [3.05, 3.63) is 113 Å². The van der Waals surface area contributed by atoms with Gasteiger partial charge in [0.25, 0.3) is 0 Å². The number of amides is 1. The molecule has 0 saturated carbocycles. The molecule has 5 aromatic rings. The fourth-order valence-electron chi connectivity index (χ4n) is 4.25. The number of aromatic nitrogens is 3. The van der Waals surface area contributed by atoms with Crippen molar-refractivity contribution < 1.29 is 14.3 Å². The number of fused-ring (bicyclic) bond motifs is 1. The molecule has 0 aliphatic carbocycles. The number of benzene rings is 3. The molecule has 0 aliphatic heterocycles. The Kier molecular flexibility index (Phi) is 8.97. The molecule has 0 radical (unpaired) electrons. The van der Waals surface area contributed by atoms with E-state index in [0.717, 1.165) is 11.3 Å². The van der Waals surface area contributed by atoms with Crippen molar-refractivity contribution in [3.63, 3.8) is 0 Å². The number of nitriles is 1. The van der Waals surface area contributed by atoms with E-state index in [2.05, 4.69) is 31.7 Å². The number of nitrogens with zero attached hydrogens (tertiary/aromatic N) is 3. The molecule has 0 unspecified atom stereocenters. The third kappa shape index (κ3) is 6.86. The number of ether oxygens (including phenoxy) is 2. The topological polar surface area (TPSA) is 125 Å². The van der Waals surface area contributed by atoms with E-state index in [4.69, 9.17) is 21.1 Å². The number of carbonyl (C=O) groups excluding carboxylic acids is 1. The van der Waals surface area contributed by atoms with Crippen LogP contribution in [0.3, 0.4) is 0 Å². The lowest BCUT2D eigenvalue weighted by atomic mass is 10.1. The van der Waals surface area contributed by atoms with Gasteiger partial charge in [-0.15, -0.1) is 0 Å². The third-order valence-electron chi connectivity index (χ3n) is 6.25. The Morgan fingerprint density at radius 1 is 1.10 bits per heavy atom. The molecule has 3 N–H and O–H groups in total. The van der Waals surface area contributed by atoms with E-state index in [9.17, 15) is 10.1 Å². The number of allylic oxidation sites excluding steroid dienone is 1. The lowest BCUT2D eigenvalue weighted by Gasteiger charge is -2.16. The first-order valence-electron chi connectivity index (χ1n) is 13.2. The quantitative estimate of drug-likeness (QED) is 0.145. The Bertz CT molecular complexity index is 1770.